The Morgan fingerprint density at radius 3 is 1.78 bits per heavy atom. The first-order chi connectivity index (χ1) is 3.13. The van der Waals surface area contributed by atoms with Crippen LogP contribution in [-0.2, 0) is 4.79 Å². The highest BCUT2D eigenvalue weighted by atomic mass is 35.5. The molecule has 0 saturated carbocycles. The topological polar surface area (TPSA) is 17.1 Å². The average Bonchev–Trinajstić information content (AvgIpc) is 1.27. The molecule has 0 N–H and O–H groups in total. The molecule has 1 nitrogen and oxygen atoms in total. The monoisotopic (exact) mass is 184 g/mol. The molecule has 0 bridgehead atoms. The summed E-state index contributed by atoms with van der Waals surface area (Å²) in [5, 5.41) is 0. The maximum absolute atomic E-state index is 11.1. The van der Waals surface area contributed by atoms with Crippen LogP contribution in [-0.4, -0.2) is 10.9 Å². The molecule has 58 valence electrons. The van der Waals surface area contributed by atoms with E-state index in [-0.39, 0.29) is 9.41 Å². The number of halogens is 5. The average molecular weight is 185 g/mol. The minimum atomic E-state index is -1.48. The lowest BCUT2D eigenvalue weighted by atomic mass is 10.5. The van der Waals surface area contributed by atoms with Gasteiger partial charge in [0.2, 0.25) is 0 Å². The fourth-order valence-corrected chi connectivity index (χ4v) is 0.364. The van der Waals surface area contributed by atoms with Crippen molar-refractivity contribution in [1.82, 2.24) is 0 Å². The highest BCUT2D eigenvalue weighted by Gasteiger charge is 2.04. The first-order valence-electron chi connectivity index (χ1n) is 1.59. The smallest absolute Gasteiger partial charge is 0.269 e. The van der Waals surface area contributed by atoms with E-state index in [0.29, 0.717) is 0 Å². The zero-order chi connectivity index (χ0) is 5.86. The Morgan fingerprint density at radius 1 is 1.44 bits per heavy atom. The van der Waals surface area contributed by atoms with Gasteiger partial charge in [0.25, 0.3) is 0 Å². The van der Waals surface area contributed by atoms with Gasteiger partial charge in [0.05, 0.1) is 6.42 Å². The van der Waals surface area contributed by atoms with Crippen LogP contribution in [0.1, 0.15) is 6.42 Å². The minimum Gasteiger partial charge on any atom is -0.269 e. The lowest BCUT2D eigenvalue weighted by Gasteiger charge is -1.87. The molecule has 0 rings (SSSR count). The molecule has 0 spiro atoms. The SMILES string of the molecule is F.F.O=C(F)CC(Cl)Cl. The van der Waals surface area contributed by atoms with E-state index in [4.69, 9.17) is 23.2 Å². The maximum Gasteiger partial charge on any atom is 0.304 e. The van der Waals surface area contributed by atoms with E-state index in [9.17, 15) is 9.18 Å². The highest BCUT2D eigenvalue weighted by molar-refractivity contribution is 6.44. The number of carbonyl (C=O) groups excluding carboxylic acids is 1. The number of alkyl halides is 2. The van der Waals surface area contributed by atoms with Gasteiger partial charge in [-0.15, -0.1) is 23.2 Å². The Balaban J connectivity index is -0.000000180. The Kier molecular flexibility index (Phi) is 14.3. The van der Waals surface area contributed by atoms with Crippen molar-refractivity contribution in [1.29, 1.82) is 0 Å². The summed E-state index contributed by atoms with van der Waals surface area (Å²) in [5.41, 5.74) is 0. The van der Waals surface area contributed by atoms with Crippen molar-refractivity contribution >= 4 is 29.2 Å². The summed E-state index contributed by atoms with van der Waals surface area (Å²) in [7, 11) is 0. The van der Waals surface area contributed by atoms with Crippen molar-refractivity contribution in [2.24, 2.45) is 0 Å². The summed E-state index contributed by atoms with van der Waals surface area (Å²) in [4.78, 5) is 8.51. The molecule has 0 aliphatic heterocycles. The maximum atomic E-state index is 11.1. The highest BCUT2D eigenvalue weighted by Crippen LogP contribution is 2.06. The van der Waals surface area contributed by atoms with Crippen LogP contribution in [0.2, 0.25) is 0 Å². The molecule has 6 heteroatoms. The first kappa shape index (κ1) is 16.0. The molecular weight excluding hydrogens is 180 g/mol. The number of carbonyl (C=O) groups is 1. The lowest BCUT2D eigenvalue weighted by Crippen LogP contribution is -1.94. The van der Waals surface area contributed by atoms with Crippen LogP contribution in [0.4, 0.5) is 13.8 Å². The van der Waals surface area contributed by atoms with Crippen LogP contribution in [0, 0.1) is 0 Å². The Morgan fingerprint density at radius 2 is 1.78 bits per heavy atom. The fourth-order valence-electron chi connectivity index (χ4n) is 0.121. The number of hydrogen-bond donors (Lipinski definition) is 0. The lowest BCUT2D eigenvalue weighted by molar-refractivity contribution is -0.128. The van der Waals surface area contributed by atoms with Crippen molar-refractivity contribution in [2.45, 2.75) is 11.3 Å². The van der Waals surface area contributed by atoms with E-state index in [1.807, 2.05) is 0 Å². The third-order valence-corrected chi connectivity index (χ3v) is 0.623. The second-order valence-corrected chi connectivity index (χ2v) is 2.23. The van der Waals surface area contributed by atoms with E-state index in [2.05, 4.69) is 0 Å². The molecule has 0 unspecified atom stereocenters. The van der Waals surface area contributed by atoms with E-state index >= 15 is 0 Å². The van der Waals surface area contributed by atoms with Gasteiger partial charge in [-0.25, -0.2) is 0 Å². The van der Waals surface area contributed by atoms with Crippen molar-refractivity contribution in [3.63, 3.8) is 0 Å². The summed E-state index contributed by atoms with van der Waals surface area (Å²) < 4.78 is 11.1. The van der Waals surface area contributed by atoms with Gasteiger partial charge in [-0.05, 0) is 0 Å². The molecular formula is C3H5Cl2F3O. The molecule has 0 atom stereocenters. The zero-order valence-electron chi connectivity index (χ0n) is 4.14. The van der Waals surface area contributed by atoms with Crippen LogP contribution in [0.25, 0.3) is 0 Å². The van der Waals surface area contributed by atoms with Gasteiger partial charge in [-0.2, -0.15) is 4.39 Å². The molecule has 0 aromatic carbocycles. The van der Waals surface area contributed by atoms with Gasteiger partial charge in [0.15, 0.2) is 0 Å². The molecule has 0 aliphatic rings. The summed E-state index contributed by atoms with van der Waals surface area (Å²) in [6.45, 7) is 0. The van der Waals surface area contributed by atoms with Crippen LogP contribution in [0.15, 0.2) is 0 Å². The van der Waals surface area contributed by atoms with E-state index in [1.54, 1.807) is 0 Å². The van der Waals surface area contributed by atoms with Crippen molar-refractivity contribution in [2.75, 3.05) is 0 Å². The largest absolute Gasteiger partial charge is 0.304 e. The number of hydrogen-bond acceptors (Lipinski definition) is 1. The van der Waals surface area contributed by atoms with Crippen LogP contribution < -0.4 is 0 Å². The van der Waals surface area contributed by atoms with Gasteiger partial charge in [0, 0.05) is 0 Å². The van der Waals surface area contributed by atoms with Gasteiger partial charge in [-0.1, -0.05) is 0 Å². The second kappa shape index (κ2) is 8.04. The molecule has 0 aromatic rings. The molecule has 0 heterocycles. The van der Waals surface area contributed by atoms with Crippen LogP contribution >= 0.6 is 23.2 Å². The summed E-state index contributed by atoms with van der Waals surface area (Å²) in [6, 6.07) is -1.48. The van der Waals surface area contributed by atoms with Crippen LogP contribution in [0.5, 0.6) is 0 Å². The van der Waals surface area contributed by atoms with E-state index in [1.165, 1.54) is 0 Å². The standard InChI is InChI=1S/C3H3Cl2FO.2FH/c4-2(5)1-3(6)7;;/h2H,1H2;2*1H. The number of rotatable bonds is 2. The third kappa shape index (κ3) is 18.0. The molecule has 0 saturated heterocycles. The molecule has 9 heavy (non-hydrogen) atoms. The zero-order valence-corrected chi connectivity index (χ0v) is 5.65. The van der Waals surface area contributed by atoms with Crippen molar-refractivity contribution in [3.05, 3.63) is 0 Å². The Hall–Kier alpha value is 0.0400. The van der Waals surface area contributed by atoms with Gasteiger partial charge < -0.3 is 0 Å². The van der Waals surface area contributed by atoms with E-state index in [0.717, 1.165) is 0 Å². The normalized spacial score (nSPS) is 7.56. The predicted molar refractivity (Wildman–Crippen MR) is 31.2 cm³/mol. The second-order valence-electron chi connectivity index (χ2n) is 0.950. The summed E-state index contributed by atoms with van der Waals surface area (Å²) in [6.07, 6.45) is -0.414. The Labute approximate surface area is 59.9 Å². The minimum absolute atomic E-state index is 0. The molecule has 0 aliphatic carbocycles. The van der Waals surface area contributed by atoms with E-state index < -0.39 is 17.3 Å². The molecule has 0 aromatic heterocycles. The first-order valence-corrected chi connectivity index (χ1v) is 2.46. The summed E-state index contributed by atoms with van der Waals surface area (Å²) >= 11 is 9.95. The quantitative estimate of drug-likeness (QED) is 0.474. The van der Waals surface area contributed by atoms with Crippen molar-refractivity contribution in [3.8, 4) is 0 Å². The molecule has 0 amide bonds. The summed E-state index contributed by atoms with van der Waals surface area (Å²) in [5.74, 6) is 0. The van der Waals surface area contributed by atoms with Gasteiger partial charge >= 0.3 is 6.04 Å². The molecule has 0 radical (unpaired) electrons. The predicted octanol–water partition coefficient (Wildman–Crippen LogP) is 1.98. The van der Waals surface area contributed by atoms with Crippen molar-refractivity contribution < 1.29 is 18.6 Å². The molecule has 0 fully saturated rings. The van der Waals surface area contributed by atoms with Gasteiger partial charge in [0.1, 0.15) is 4.84 Å². The van der Waals surface area contributed by atoms with Crippen LogP contribution in [0.3, 0.4) is 0 Å². The Bertz CT molecular complexity index is 77.5. The third-order valence-electron chi connectivity index (χ3n) is 0.315. The van der Waals surface area contributed by atoms with Gasteiger partial charge in [-0.3, -0.25) is 14.2 Å². The fraction of sp³-hybridized carbons (Fsp3) is 0.667.